The van der Waals surface area contributed by atoms with Crippen molar-refractivity contribution in [3.8, 4) is 5.88 Å². The number of carbonyl (C=O) groups is 2. The predicted molar refractivity (Wildman–Crippen MR) is 89.3 cm³/mol. The van der Waals surface area contributed by atoms with E-state index in [1.54, 1.807) is 19.9 Å². The minimum atomic E-state index is -0.468. The molecule has 0 saturated heterocycles. The zero-order valence-electron chi connectivity index (χ0n) is 14.7. The number of esters is 1. The Morgan fingerprint density at radius 3 is 2.62 bits per heavy atom. The molecule has 0 aromatic carbocycles. The van der Waals surface area contributed by atoms with Crippen molar-refractivity contribution in [2.24, 2.45) is 11.8 Å². The second-order valence-corrected chi connectivity index (χ2v) is 6.64. The Hall–Kier alpha value is -2.11. The van der Waals surface area contributed by atoms with Crippen molar-refractivity contribution >= 4 is 17.6 Å². The number of fused-ring (bicyclic) bond motifs is 1. The van der Waals surface area contributed by atoms with Crippen LogP contribution in [0.5, 0.6) is 5.88 Å². The SMILES string of the molecule is CCOC(=O)c1cc2c(c(OC)n1)N(C(C)=O)[C@@H](C1CC1)C(C)C2. The van der Waals surface area contributed by atoms with Crippen molar-refractivity contribution < 1.29 is 19.1 Å². The van der Waals surface area contributed by atoms with Crippen LogP contribution in [0.25, 0.3) is 0 Å². The van der Waals surface area contributed by atoms with E-state index in [-0.39, 0.29) is 17.6 Å². The topological polar surface area (TPSA) is 68.7 Å². The molecular weight excluding hydrogens is 308 g/mol. The smallest absolute Gasteiger partial charge is 0.357 e. The van der Waals surface area contributed by atoms with Gasteiger partial charge in [0.25, 0.3) is 0 Å². The van der Waals surface area contributed by atoms with Crippen molar-refractivity contribution in [3.63, 3.8) is 0 Å². The normalized spacial score (nSPS) is 22.8. The zero-order chi connectivity index (χ0) is 17.4. The first kappa shape index (κ1) is 16.7. The second-order valence-electron chi connectivity index (χ2n) is 6.64. The first-order valence-electron chi connectivity index (χ1n) is 8.52. The van der Waals surface area contributed by atoms with Gasteiger partial charge in [0.15, 0.2) is 5.69 Å². The van der Waals surface area contributed by atoms with Gasteiger partial charge in [-0.05, 0) is 49.7 Å². The summed E-state index contributed by atoms with van der Waals surface area (Å²) in [5.74, 6) is 0.722. The molecule has 2 aliphatic rings. The maximum Gasteiger partial charge on any atom is 0.357 e. The van der Waals surface area contributed by atoms with Gasteiger partial charge >= 0.3 is 5.97 Å². The van der Waals surface area contributed by atoms with Crippen molar-refractivity contribution in [2.75, 3.05) is 18.6 Å². The number of methoxy groups -OCH3 is 1. The number of hydrogen-bond acceptors (Lipinski definition) is 5. The van der Waals surface area contributed by atoms with Crippen molar-refractivity contribution in [1.29, 1.82) is 0 Å². The van der Waals surface area contributed by atoms with Crippen LogP contribution < -0.4 is 9.64 Å². The van der Waals surface area contributed by atoms with Crippen molar-refractivity contribution in [1.82, 2.24) is 4.98 Å². The summed E-state index contributed by atoms with van der Waals surface area (Å²) < 4.78 is 10.5. The molecule has 0 bridgehead atoms. The Balaban J connectivity index is 2.10. The van der Waals surface area contributed by atoms with Crippen LogP contribution in [-0.4, -0.2) is 36.6 Å². The van der Waals surface area contributed by atoms with Gasteiger partial charge in [0.05, 0.1) is 13.7 Å². The van der Waals surface area contributed by atoms with Gasteiger partial charge in [0.2, 0.25) is 11.8 Å². The lowest BCUT2D eigenvalue weighted by molar-refractivity contribution is -0.117. The summed E-state index contributed by atoms with van der Waals surface area (Å²) in [6, 6.07) is 1.92. The quantitative estimate of drug-likeness (QED) is 0.793. The van der Waals surface area contributed by atoms with E-state index in [2.05, 4.69) is 11.9 Å². The lowest BCUT2D eigenvalue weighted by atomic mass is 9.84. The third-order valence-corrected chi connectivity index (χ3v) is 4.83. The molecule has 2 heterocycles. The standard InChI is InChI=1S/C18H24N2O4/c1-5-24-18(22)14-9-13-8-10(2)15(12-6-7-12)20(11(3)21)16(13)17(19-14)23-4/h9-10,12,15H,5-8H2,1-4H3/t10?,15-/m1/s1. The molecule has 0 N–H and O–H groups in total. The van der Waals surface area contributed by atoms with E-state index in [0.717, 1.165) is 24.8 Å². The Morgan fingerprint density at radius 2 is 2.08 bits per heavy atom. The molecule has 130 valence electrons. The molecule has 1 aromatic heterocycles. The van der Waals surface area contributed by atoms with Gasteiger partial charge < -0.3 is 14.4 Å². The average Bonchev–Trinajstić information content (AvgIpc) is 3.36. The minimum absolute atomic E-state index is 0.0105. The molecule has 1 saturated carbocycles. The number of anilines is 1. The maximum absolute atomic E-state index is 12.4. The van der Waals surface area contributed by atoms with Gasteiger partial charge in [0, 0.05) is 13.0 Å². The average molecular weight is 332 g/mol. The van der Waals surface area contributed by atoms with Crippen LogP contribution in [0.2, 0.25) is 0 Å². The molecule has 6 heteroatoms. The Labute approximate surface area is 142 Å². The molecule has 0 spiro atoms. The summed E-state index contributed by atoms with van der Waals surface area (Å²) >= 11 is 0. The predicted octanol–water partition coefficient (Wildman–Crippen LogP) is 2.59. The third kappa shape index (κ3) is 2.85. The number of ether oxygens (including phenoxy) is 2. The molecule has 3 rings (SSSR count). The van der Waals surface area contributed by atoms with Gasteiger partial charge in [-0.25, -0.2) is 9.78 Å². The van der Waals surface area contributed by atoms with Crippen LogP contribution >= 0.6 is 0 Å². The van der Waals surface area contributed by atoms with Crippen LogP contribution in [-0.2, 0) is 16.0 Å². The third-order valence-electron chi connectivity index (χ3n) is 4.83. The van der Waals surface area contributed by atoms with Crippen molar-refractivity contribution in [2.45, 2.75) is 46.1 Å². The molecule has 1 aromatic rings. The summed E-state index contributed by atoms with van der Waals surface area (Å²) in [5.41, 5.74) is 1.87. The van der Waals surface area contributed by atoms with Gasteiger partial charge in [-0.1, -0.05) is 6.92 Å². The van der Waals surface area contributed by atoms with Crippen LogP contribution in [0, 0.1) is 11.8 Å². The largest absolute Gasteiger partial charge is 0.479 e. The van der Waals surface area contributed by atoms with Crippen LogP contribution in [0.4, 0.5) is 5.69 Å². The van der Waals surface area contributed by atoms with E-state index >= 15 is 0 Å². The highest BCUT2D eigenvalue weighted by atomic mass is 16.5. The minimum Gasteiger partial charge on any atom is -0.479 e. The lowest BCUT2D eigenvalue weighted by Crippen LogP contribution is -2.48. The van der Waals surface area contributed by atoms with E-state index in [0.29, 0.717) is 30.0 Å². The summed E-state index contributed by atoms with van der Waals surface area (Å²) in [4.78, 5) is 30.6. The van der Waals surface area contributed by atoms with E-state index < -0.39 is 5.97 Å². The Kier molecular flexibility index (Phi) is 4.47. The molecule has 1 unspecified atom stereocenters. The van der Waals surface area contributed by atoms with E-state index in [1.807, 2.05) is 4.90 Å². The highest BCUT2D eigenvalue weighted by molar-refractivity contribution is 5.96. The highest BCUT2D eigenvalue weighted by Crippen LogP contribution is 2.47. The van der Waals surface area contributed by atoms with E-state index in [4.69, 9.17) is 9.47 Å². The molecule has 1 amide bonds. The van der Waals surface area contributed by atoms with Crippen molar-refractivity contribution in [3.05, 3.63) is 17.3 Å². The van der Waals surface area contributed by atoms with Gasteiger partial charge in [-0.3, -0.25) is 4.79 Å². The molecular formula is C18H24N2O4. The Morgan fingerprint density at radius 1 is 1.38 bits per heavy atom. The summed E-state index contributed by atoms with van der Waals surface area (Å²) in [6.07, 6.45) is 3.11. The Bertz CT molecular complexity index is 669. The van der Waals surface area contributed by atoms with Crippen LogP contribution in [0.1, 0.15) is 49.7 Å². The number of aromatic nitrogens is 1. The molecule has 1 fully saturated rings. The molecule has 1 aliphatic carbocycles. The van der Waals surface area contributed by atoms with Gasteiger partial charge in [-0.15, -0.1) is 0 Å². The summed E-state index contributed by atoms with van der Waals surface area (Å²) in [7, 11) is 1.51. The molecule has 1 aliphatic heterocycles. The summed E-state index contributed by atoms with van der Waals surface area (Å²) in [5, 5.41) is 0. The number of hydrogen-bond donors (Lipinski definition) is 0. The lowest BCUT2D eigenvalue weighted by Gasteiger charge is -2.41. The molecule has 0 radical (unpaired) electrons. The zero-order valence-corrected chi connectivity index (χ0v) is 14.7. The maximum atomic E-state index is 12.4. The molecule has 24 heavy (non-hydrogen) atoms. The monoisotopic (exact) mass is 332 g/mol. The van der Waals surface area contributed by atoms with Gasteiger partial charge in [0.1, 0.15) is 5.69 Å². The molecule has 6 nitrogen and oxygen atoms in total. The van der Waals surface area contributed by atoms with Crippen LogP contribution in [0.15, 0.2) is 6.07 Å². The fourth-order valence-corrected chi connectivity index (χ4v) is 3.78. The first-order chi connectivity index (χ1) is 11.5. The van der Waals surface area contributed by atoms with E-state index in [9.17, 15) is 9.59 Å². The summed E-state index contributed by atoms with van der Waals surface area (Å²) in [6.45, 7) is 5.79. The number of nitrogens with zero attached hydrogens (tertiary/aromatic N) is 2. The number of carbonyl (C=O) groups excluding carboxylic acids is 2. The number of amides is 1. The second kappa shape index (κ2) is 6.42. The van der Waals surface area contributed by atoms with E-state index in [1.165, 1.54) is 7.11 Å². The fraction of sp³-hybridized carbons (Fsp3) is 0.611. The highest BCUT2D eigenvalue weighted by Gasteiger charge is 2.45. The first-order valence-corrected chi connectivity index (χ1v) is 8.52. The molecule has 2 atom stereocenters. The van der Waals surface area contributed by atoms with Crippen LogP contribution in [0.3, 0.4) is 0 Å². The number of pyridine rings is 1. The van der Waals surface area contributed by atoms with Gasteiger partial charge in [-0.2, -0.15) is 0 Å². The fourth-order valence-electron chi connectivity index (χ4n) is 3.78. The number of rotatable bonds is 4.